The molecule has 0 radical (unpaired) electrons. The lowest BCUT2D eigenvalue weighted by Gasteiger charge is -2.09. The summed E-state index contributed by atoms with van der Waals surface area (Å²) in [7, 11) is 1.50. The molecule has 0 atom stereocenters. The number of ether oxygens (including phenoxy) is 1. The van der Waals surface area contributed by atoms with Crippen LogP contribution < -0.4 is 15.8 Å². The van der Waals surface area contributed by atoms with Gasteiger partial charge in [0.25, 0.3) is 5.91 Å². The number of nitrogens with one attached hydrogen (secondary N) is 1. The van der Waals surface area contributed by atoms with Crippen LogP contribution in [0, 0.1) is 0 Å². The highest BCUT2D eigenvalue weighted by molar-refractivity contribution is 6.06. The number of hydrogen-bond donors (Lipinski definition) is 2. The maximum atomic E-state index is 12.1. The summed E-state index contributed by atoms with van der Waals surface area (Å²) >= 11 is 0. The third-order valence-electron chi connectivity index (χ3n) is 2.41. The lowest BCUT2D eigenvalue weighted by molar-refractivity contribution is 0.102. The van der Waals surface area contributed by atoms with E-state index in [1.807, 2.05) is 0 Å². The number of rotatable bonds is 3. The fourth-order valence-electron chi connectivity index (χ4n) is 1.53. The number of hydrogen-bond acceptors (Lipinski definition) is 4. The van der Waals surface area contributed by atoms with E-state index in [1.165, 1.54) is 7.11 Å². The molecule has 1 amide bonds. The van der Waals surface area contributed by atoms with Crippen molar-refractivity contribution >= 4 is 17.3 Å². The van der Waals surface area contributed by atoms with Crippen molar-refractivity contribution in [2.24, 2.45) is 0 Å². The minimum atomic E-state index is -0.252. The quantitative estimate of drug-likeness (QED) is 0.807. The predicted molar refractivity (Wildman–Crippen MR) is 69.6 cm³/mol. The Bertz CT molecular complexity index is 555. The maximum Gasteiger partial charge on any atom is 0.259 e. The molecule has 0 saturated heterocycles. The van der Waals surface area contributed by atoms with E-state index in [0.717, 1.165) is 0 Å². The molecule has 2 rings (SSSR count). The van der Waals surface area contributed by atoms with E-state index in [4.69, 9.17) is 10.5 Å². The second-order valence-electron chi connectivity index (χ2n) is 3.65. The largest absolute Gasteiger partial charge is 0.496 e. The highest BCUT2D eigenvalue weighted by Crippen LogP contribution is 2.22. The monoisotopic (exact) mass is 243 g/mol. The first-order valence-corrected chi connectivity index (χ1v) is 5.35. The minimum Gasteiger partial charge on any atom is -0.496 e. The van der Waals surface area contributed by atoms with Gasteiger partial charge >= 0.3 is 0 Å². The average molecular weight is 243 g/mol. The van der Waals surface area contributed by atoms with Gasteiger partial charge in [0.1, 0.15) is 5.75 Å². The summed E-state index contributed by atoms with van der Waals surface area (Å²) in [6, 6.07) is 8.32. The number of benzene rings is 1. The number of nitrogens with zero attached hydrogens (tertiary/aromatic N) is 1. The highest BCUT2D eigenvalue weighted by atomic mass is 16.5. The van der Waals surface area contributed by atoms with Gasteiger partial charge in [-0.25, -0.2) is 0 Å². The van der Waals surface area contributed by atoms with Crippen LogP contribution in [-0.4, -0.2) is 18.0 Å². The van der Waals surface area contributed by atoms with Crippen LogP contribution in [0.2, 0.25) is 0 Å². The number of nitrogens with two attached hydrogens (primary N) is 1. The molecule has 1 aromatic heterocycles. The molecule has 2 aromatic rings. The average Bonchev–Trinajstić information content (AvgIpc) is 2.39. The van der Waals surface area contributed by atoms with Crippen molar-refractivity contribution in [3.8, 4) is 5.75 Å². The van der Waals surface area contributed by atoms with E-state index in [9.17, 15) is 4.79 Å². The lowest BCUT2D eigenvalue weighted by Crippen LogP contribution is -2.13. The zero-order chi connectivity index (χ0) is 13.0. The molecule has 0 spiro atoms. The van der Waals surface area contributed by atoms with Gasteiger partial charge in [0.2, 0.25) is 0 Å². The van der Waals surface area contributed by atoms with Gasteiger partial charge in [0.15, 0.2) is 0 Å². The molecule has 0 aliphatic rings. The van der Waals surface area contributed by atoms with Gasteiger partial charge in [0.05, 0.1) is 12.7 Å². The molecular formula is C13H13N3O2. The zero-order valence-electron chi connectivity index (χ0n) is 9.88. The van der Waals surface area contributed by atoms with Crippen LogP contribution in [0.4, 0.5) is 11.4 Å². The first-order valence-electron chi connectivity index (χ1n) is 5.35. The third-order valence-corrected chi connectivity index (χ3v) is 2.41. The first kappa shape index (κ1) is 11.9. The molecule has 0 fully saturated rings. The molecule has 5 heteroatoms. The summed E-state index contributed by atoms with van der Waals surface area (Å²) in [6.07, 6.45) is 3.21. The maximum absolute atomic E-state index is 12.1. The number of nitrogen functional groups attached to an aromatic ring is 1. The zero-order valence-corrected chi connectivity index (χ0v) is 9.88. The van der Waals surface area contributed by atoms with E-state index >= 15 is 0 Å². The summed E-state index contributed by atoms with van der Waals surface area (Å²) < 4.78 is 5.13. The molecule has 1 heterocycles. The fraction of sp³-hybridized carbons (Fsp3) is 0.0769. The first-order chi connectivity index (χ1) is 8.70. The molecule has 5 nitrogen and oxygen atoms in total. The summed E-state index contributed by atoms with van der Waals surface area (Å²) in [6.45, 7) is 0. The number of pyridine rings is 1. The Hall–Kier alpha value is -2.56. The summed E-state index contributed by atoms with van der Waals surface area (Å²) in [5, 5.41) is 2.75. The van der Waals surface area contributed by atoms with Gasteiger partial charge in [-0.2, -0.15) is 0 Å². The minimum absolute atomic E-state index is 0.252. The van der Waals surface area contributed by atoms with Crippen LogP contribution in [0.1, 0.15) is 10.4 Å². The normalized spacial score (nSPS) is 9.83. The van der Waals surface area contributed by atoms with E-state index in [1.54, 1.807) is 42.7 Å². The Morgan fingerprint density at radius 1 is 1.28 bits per heavy atom. The predicted octanol–water partition coefficient (Wildman–Crippen LogP) is 1.92. The van der Waals surface area contributed by atoms with Crippen LogP contribution >= 0.6 is 0 Å². The molecule has 18 heavy (non-hydrogen) atoms. The number of aromatic nitrogens is 1. The SMILES string of the molecule is COc1cc(N)ccc1C(=O)Nc1ccncc1. The number of carbonyl (C=O) groups excluding carboxylic acids is 1. The standard InChI is InChI=1S/C13H13N3O2/c1-18-12-8-9(14)2-3-11(12)13(17)16-10-4-6-15-7-5-10/h2-8H,14H2,1H3,(H,15,16,17). The Morgan fingerprint density at radius 2 is 2.00 bits per heavy atom. The van der Waals surface area contributed by atoms with Crippen LogP contribution in [0.5, 0.6) is 5.75 Å². The van der Waals surface area contributed by atoms with Crippen molar-refractivity contribution in [2.45, 2.75) is 0 Å². The van der Waals surface area contributed by atoms with E-state index in [-0.39, 0.29) is 5.91 Å². The van der Waals surface area contributed by atoms with Crippen LogP contribution in [0.3, 0.4) is 0 Å². The van der Waals surface area contributed by atoms with E-state index in [0.29, 0.717) is 22.7 Å². The second-order valence-corrected chi connectivity index (χ2v) is 3.65. The Balaban J connectivity index is 2.24. The third kappa shape index (κ3) is 2.57. The Labute approximate surface area is 105 Å². The number of anilines is 2. The molecule has 0 aliphatic carbocycles. The molecule has 0 unspecified atom stereocenters. The summed E-state index contributed by atoms with van der Waals surface area (Å²) in [5.74, 6) is 0.194. The number of methoxy groups -OCH3 is 1. The van der Waals surface area contributed by atoms with Gasteiger partial charge in [-0.1, -0.05) is 0 Å². The number of amides is 1. The smallest absolute Gasteiger partial charge is 0.259 e. The summed E-state index contributed by atoms with van der Waals surface area (Å²) in [4.78, 5) is 15.9. The Kier molecular flexibility index (Phi) is 3.43. The molecular weight excluding hydrogens is 230 g/mol. The number of carbonyl (C=O) groups is 1. The van der Waals surface area contributed by atoms with Gasteiger partial charge in [-0.05, 0) is 24.3 Å². The van der Waals surface area contributed by atoms with E-state index < -0.39 is 0 Å². The van der Waals surface area contributed by atoms with Gasteiger partial charge in [0, 0.05) is 29.8 Å². The molecule has 3 N–H and O–H groups in total. The lowest BCUT2D eigenvalue weighted by atomic mass is 10.1. The highest BCUT2D eigenvalue weighted by Gasteiger charge is 2.12. The second kappa shape index (κ2) is 5.18. The summed E-state index contributed by atoms with van der Waals surface area (Å²) in [5.41, 5.74) is 7.29. The molecule has 92 valence electrons. The Morgan fingerprint density at radius 3 is 2.67 bits per heavy atom. The van der Waals surface area contributed by atoms with Crippen molar-refractivity contribution in [1.82, 2.24) is 4.98 Å². The van der Waals surface area contributed by atoms with Gasteiger partial charge in [-0.3, -0.25) is 9.78 Å². The van der Waals surface area contributed by atoms with Crippen molar-refractivity contribution < 1.29 is 9.53 Å². The van der Waals surface area contributed by atoms with E-state index in [2.05, 4.69) is 10.3 Å². The van der Waals surface area contributed by atoms with Crippen LogP contribution in [0.15, 0.2) is 42.7 Å². The molecule has 0 bridgehead atoms. The fourth-order valence-corrected chi connectivity index (χ4v) is 1.53. The van der Waals surface area contributed by atoms with Crippen molar-refractivity contribution in [1.29, 1.82) is 0 Å². The molecule has 0 saturated carbocycles. The topological polar surface area (TPSA) is 77.2 Å². The van der Waals surface area contributed by atoms with Crippen LogP contribution in [0.25, 0.3) is 0 Å². The molecule has 1 aromatic carbocycles. The van der Waals surface area contributed by atoms with Crippen LogP contribution in [-0.2, 0) is 0 Å². The van der Waals surface area contributed by atoms with Crippen molar-refractivity contribution in [2.75, 3.05) is 18.2 Å². The van der Waals surface area contributed by atoms with Gasteiger partial charge < -0.3 is 15.8 Å². The van der Waals surface area contributed by atoms with Gasteiger partial charge in [-0.15, -0.1) is 0 Å². The van der Waals surface area contributed by atoms with Crippen molar-refractivity contribution in [3.05, 3.63) is 48.3 Å². The van der Waals surface area contributed by atoms with Crippen molar-refractivity contribution in [3.63, 3.8) is 0 Å². The molecule has 0 aliphatic heterocycles.